The van der Waals surface area contributed by atoms with Crippen molar-refractivity contribution in [1.82, 2.24) is 29.9 Å². The van der Waals surface area contributed by atoms with Gasteiger partial charge in [0.2, 0.25) is 0 Å². The minimum Gasteiger partial charge on any atom is -0.350 e. The van der Waals surface area contributed by atoms with E-state index >= 15 is 0 Å². The molecule has 1 atom stereocenters. The minimum atomic E-state index is -0.0493. The van der Waals surface area contributed by atoms with Gasteiger partial charge in [-0.05, 0) is 31.2 Å². The van der Waals surface area contributed by atoms with Crippen molar-refractivity contribution in [3.63, 3.8) is 0 Å². The summed E-state index contributed by atoms with van der Waals surface area (Å²) >= 11 is 0. The minimum absolute atomic E-state index is 0.0493. The quantitative estimate of drug-likeness (QED) is 0.844. The fourth-order valence-electron chi connectivity index (χ4n) is 3.37. The van der Waals surface area contributed by atoms with Gasteiger partial charge in [-0.2, -0.15) is 5.10 Å². The number of rotatable bonds is 6. The second-order valence-corrected chi connectivity index (χ2v) is 7.25. The zero-order chi connectivity index (χ0) is 18.5. The number of aromatic nitrogens is 3. The van der Waals surface area contributed by atoms with Crippen molar-refractivity contribution in [2.24, 2.45) is 5.92 Å². The molecule has 0 spiro atoms. The molecule has 1 fully saturated rings. The molecule has 1 aromatic carbocycles. The molecule has 1 saturated heterocycles. The Kier molecular flexibility index (Phi) is 6.00. The number of likely N-dealkylation sites (N-methyl/N-ethyl adjacent to an activating group) is 1. The molecule has 2 heterocycles. The Balaban J connectivity index is 1.62. The van der Waals surface area contributed by atoms with E-state index in [-0.39, 0.29) is 5.91 Å². The van der Waals surface area contributed by atoms with Crippen LogP contribution in [0.1, 0.15) is 24.2 Å². The van der Waals surface area contributed by atoms with Crippen LogP contribution in [0.15, 0.2) is 36.9 Å². The Hall–Kier alpha value is -2.25. The van der Waals surface area contributed by atoms with E-state index in [0.717, 1.165) is 31.9 Å². The predicted octanol–water partition coefficient (Wildman–Crippen LogP) is 1.27. The van der Waals surface area contributed by atoms with Crippen LogP contribution < -0.4 is 5.32 Å². The monoisotopic (exact) mass is 356 g/mol. The highest BCUT2D eigenvalue weighted by molar-refractivity contribution is 5.94. The van der Waals surface area contributed by atoms with Crippen molar-refractivity contribution in [3.05, 3.63) is 42.5 Å². The van der Waals surface area contributed by atoms with E-state index < -0.39 is 0 Å². The second kappa shape index (κ2) is 8.42. The molecule has 0 aliphatic carbocycles. The average Bonchev–Trinajstić information content (AvgIpc) is 3.18. The molecule has 0 radical (unpaired) electrons. The summed E-state index contributed by atoms with van der Waals surface area (Å²) in [6.07, 6.45) is 3.11. The van der Waals surface area contributed by atoms with E-state index in [1.165, 1.54) is 6.33 Å². The Labute approximate surface area is 155 Å². The number of amides is 1. The van der Waals surface area contributed by atoms with Crippen molar-refractivity contribution < 1.29 is 4.79 Å². The highest BCUT2D eigenvalue weighted by atomic mass is 16.1. The summed E-state index contributed by atoms with van der Waals surface area (Å²) in [5.41, 5.74) is 1.47. The lowest BCUT2D eigenvalue weighted by molar-refractivity contribution is 0.0791. The Morgan fingerprint density at radius 1 is 1.23 bits per heavy atom. The summed E-state index contributed by atoms with van der Waals surface area (Å²) in [6, 6.07) is 7.80. The molecule has 0 unspecified atom stereocenters. The smallest absolute Gasteiger partial charge is 0.251 e. The maximum Gasteiger partial charge on any atom is 0.251 e. The van der Waals surface area contributed by atoms with Crippen LogP contribution in [0.25, 0.3) is 5.69 Å². The first-order valence-corrected chi connectivity index (χ1v) is 9.20. The standard InChI is InChI=1S/C19H28N6O/c1-15(2)18(24-9-7-23(3)8-10-24)12-21-19(26)16-5-4-6-17(11-16)25-14-20-13-22-25/h4-6,11,13-15,18H,7-10,12H2,1-3H3,(H,21,26)/t18-/m1/s1. The van der Waals surface area contributed by atoms with E-state index in [4.69, 9.17) is 0 Å². The normalized spacial score (nSPS) is 17.4. The van der Waals surface area contributed by atoms with E-state index in [2.05, 4.69) is 46.1 Å². The maximum absolute atomic E-state index is 12.6. The summed E-state index contributed by atoms with van der Waals surface area (Å²) in [7, 11) is 2.16. The van der Waals surface area contributed by atoms with Crippen LogP contribution in [0.3, 0.4) is 0 Å². The van der Waals surface area contributed by atoms with Crippen molar-refractivity contribution in [3.8, 4) is 5.69 Å². The van der Waals surface area contributed by atoms with Crippen molar-refractivity contribution >= 4 is 5.91 Å². The third-order valence-electron chi connectivity index (χ3n) is 5.04. The SMILES string of the molecule is CC(C)[C@@H](CNC(=O)c1cccc(-n2cncn2)c1)N1CCN(C)CC1. The molecule has 1 aliphatic rings. The first-order valence-electron chi connectivity index (χ1n) is 9.20. The van der Waals surface area contributed by atoms with Gasteiger partial charge >= 0.3 is 0 Å². The van der Waals surface area contributed by atoms with Gasteiger partial charge in [-0.15, -0.1) is 0 Å². The molecule has 3 rings (SSSR count). The van der Waals surface area contributed by atoms with Crippen LogP contribution in [0.5, 0.6) is 0 Å². The van der Waals surface area contributed by atoms with Gasteiger partial charge in [-0.25, -0.2) is 9.67 Å². The number of piperazine rings is 1. The number of nitrogens with one attached hydrogen (secondary N) is 1. The number of hydrogen-bond donors (Lipinski definition) is 1. The van der Waals surface area contributed by atoms with E-state index in [0.29, 0.717) is 24.1 Å². The molecule has 1 aliphatic heterocycles. The zero-order valence-corrected chi connectivity index (χ0v) is 15.8. The molecule has 1 N–H and O–H groups in total. The van der Waals surface area contributed by atoms with E-state index in [1.807, 2.05) is 24.3 Å². The van der Waals surface area contributed by atoms with Gasteiger partial charge in [0.05, 0.1) is 5.69 Å². The molecule has 1 aromatic heterocycles. The van der Waals surface area contributed by atoms with Gasteiger partial charge in [0.15, 0.2) is 0 Å². The number of benzene rings is 1. The first-order chi connectivity index (χ1) is 12.5. The maximum atomic E-state index is 12.6. The molecule has 7 heteroatoms. The van der Waals surface area contributed by atoms with Gasteiger partial charge < -0.3 is 10.2 Å². The van der Waals surface area contributed by atoms with Crippen molar-refractivity contribution in [2.45, 2.75) is 19.9 Å². The third kappa shape index (κ3) is 4.47. The molecule has 7 nitrogen and oxygen atoms in total. The Morgan fingerprint density at radius 2 is 2.00 bits per heavy atom. The summed E-state index contributed by atoms with van der Waals surface area (Å²) in [6.45, 7) is 9.37. The fraction of sp³-hybridized carbons (Fsp3) is 0.526. The van der Waals surface area contributed by atoms with Crippen LogP contribution >= 0.6 is 0 Å². The van der Waals surface area contributed by atoms with E-state index in [1.54, 1.807) is 11.0 Å². The number of carbonyl (C=O) groups is 1. The largest absolute Gasteiger partial charge is 0.350 e. The van der Waals surface area contributed by atoms with Crippen LogP contribution in [0.4, 0.5) is 0 Å². The number of nitrogens with zero attached hydrogens (tertiary/aromatic N) is 5. The summed E-state index contributed by atoms with van der Waals surface area (Å²) in [4.78, 5) is 21.4. The van der Waals surface area contributed by atoms with Gasteiger partial charge in [0.1, 0.15) is 12.7 Å². The Bertz CT molecular complexity index is 707. The average molecular weight is 356 g/mol. The number of hydrogen-bond acceptors (Lipinski definition) is 5. The van der Waals surface area contributed by atoms with E-state index in [9.17, 15) is 4.79 Å². The lowest BCUT2D eigenvalue weighted by Crippen LogP contribution is -2.54. The van der Waals surface area contributed by atoms with Crippen LogP contribution in [0, 0.1) is 5.92 Å². The predicted molar refractivity (Wildman–Crippen MR) is 101 cm³/mol. The van der Waals surface area contributed by atoms with Crippen LogP contribution in [-0.2, 0) is 0 Å². The highest BCUT2D eigenvalue weighted by Crippen LogP contribution is 2.14. The lowest BCUT2D eigenvalue weighted by atomic mass is 10.0. The fourth-order valence-corrected chi connectivity index (χ4v) is 3.37. The second-order valence-electron chi connectivity index (χ2n) is 7.25. The topological polar surface area (TPSA) is 66.3 Å². The molecular formula is C19H28N6O. The van der Waals surface area contributed by atoms with Gasteiger partial charge in [0, 0.05) is 44.3 Å². The third-order valence-corrected chi connectivity index (χ3v) is 5.04. The zero-order valence-electron chi connectivity index (χ0n) is 15.8. The summed E-state index contributed by atoms with van der Waals surface area (Å²) in [5.74, 6) is 0.437. The van der Waals surface area contributed by atoms with Crippen molar-refractivity contribution in [2.75, 3.05) is 39.8 Å². The Morgan fingerprint density at radius 3 is 2.65 bits per heavy atom. The lowest BCUT2D eigenvalue weighted by Gasteiger charge is -2.39. The molecular weight excluding hydrogens is 328 g/mol. The molecule has 0 saturated carbocycles. The highest BCUT2D eigenvalue weighted by Gasteiger charge is 2.25. The molecule has 140 valence electrons. The number of carbonyl (C=O) groups excluding carboxylic acids is 1. The summed E-state index contributed by atoms with van der Waals surface area (Å²) in [5, 5.41) is 7.24. The van der Waals surface area contributed by atoms with Gasteiger partial charge in [-0.1, -0.05) is 19.9 Å². The summed E-state index contributed by atoms with van der Waals surface area (Å²) < 4.78 is 1.65. The molecule has 26 heavy (non-hydrogen) atoms. The van der Waals surface area contributed by atoms with Crippen LogP contribution in [0.2, 0.25) is 0 Å². The molecule has 0 bridgehead atoms. The van der Waals surface area contributed by atoms with Gasteiger partial charge in [-0.3, -0.25) is 9.69 Å². The van der Waals surface area contributed by atoms with Crippen LogP contribution in [-0.4, -0.2) is 76.3 Å². The van der Waals surface area contributed by atoms with Crippen molar-refractivity contribution in [1.29, 1.82) is 0 Å². The molecule has 1 amide bonds. The molecule has 2 aromatic rings. The first kappa shape index (κ1) is 18.5. The van der Waals surface area contributed by atoms with Gasteiger partial charge in [0.25, 0.3) is 5.91 Å².